The highest BCUT2D eigenvalue weighted by Crippen LogP contribution is 2.54. The van der Waals surface area contributed by atoms with E-state index in [2.05, 4.69) is 119 Å². The summed E-state index contributed by atoms with van der Waals surface area (Å²) < 4.78 is 0. The van der Waals surface area contributed by atoms with E-state index in [0.29, 0.717) is 47.7 Å². The third-order valence-electron chi connectivity index (χ3n) is 13.9. The predicted molar refractivity (Wildman–Crippen MR) is 209 cm³/mol. The number of allylic oxidation sites excluding steroid dienone is 17. The van der Waals surface area contributed by atoms with E-state index in [9.17, 15) is 0 Å². The molecule has 0 bridgehead atoms. The van der Waals surface area contributed by atoms with Gasteiger partial charge in [-0.3, -0.25) is 0 Å². The van der Waals surface area contributed by atoms with Gasteiger partial charge in [0.1, 0.15) is 0 Å². The summed E-state index contributed by atoms with van der Waals surface area (Å²) in [4.78, 5) is 5.74. The molecule has 7 aliphatic carbocycles. The summed E-state index contributed by atoms with van der Waals surface area (Å²) in [5.74, 6) is 2.99. The zero-order valence-electron chi connectivity index (χ0n) is 29.8. The maximum absolute atomic E-state index is 2.95. The van der Waals surface area contributed by atoms with Crippen LogP contribution >= 0.6 is 0 Å². The van der Waals surface area contributed by atoms with Crippen LogP contribution in [0.2, 0.25) is 0 Å². The molecular formula is C48H54N2. The molecule has 2 heteroatoms. The van der Waals surface area contributed by atoms with Crippen LogP contribution in [0.3, 0.4) is 0 Å². The molecule has 8 atom stereocenters. The number of anilines is 1. The van der Waals surface area contributed by atoms with Gasteiger partial charge in [-0.15, -0.1) is 0 Å². The Hall–Kier alpha value is -3.78. The van der Waals surface area contributed by atoms with Crippen molar-refractivity contribution in [2.24, 2.45) is 23.7 Å². The summed E-state index contributed by atoms with van der Waals surface area (Å²) in [6.07, 6.45) is 54.4. The van der Waals surface area contributed by atoms with Crippen molar-refractivity contribution in [1.82, 2.24) is 4.90 Å². The summed E-state index contributed by atoms with van der Waals surface area (Å²) in [6.45, 7) is 0. The van der Waals surface area contributed by atoms with E-state index in [1.807, 2.05) is 0 Å². The average molecular weight is 659 g/mol. The van der Waals surface area contributed by atoms with Crippen LogP contribution in [0.25, 0.3) is 5.57 Å². The zero-order chi connectivity index (χ0) is 33.0. The molecule has 0 spiro atoms. The minimum Gasteiger partial charge on any atom is -0.364 e. The second kappa shape index (κ2) is 13.1. The quantitative estimate of drug-likeness (QED) is 0.291. The van der Waals surface area contributed by atoms with Gasteiger partial charge in [0.05, 0.1) is 0 Å². The van der Waals surface area contributed by atoms with Crippen molar-refractivity contribution in [1.29, 1.82) is 0 Å². The lowest BCUT2D eigenvalue weighted by Gasteiger charge is -2.37. The summed E-state index contributed by atoms with van der Waals surface area (Å²) >= 11 is 0. The zero-order valence-corrected chi connectivity index (χ0v) is 29.8. The first-order chi connectivity index (χ1) is 24.8. The van der Waals surface area contributed by atoms with E-state index in [1.165, 1.54) is 106 Å². The van der Waals surface area contributed by atoms with Gasteiger partial charge in [0.2, 0.25) is 0 Å². The maximum atomic E-state index is 2.95. The molecule has 2 heterocycles. The number of fused-ring (bicyclic) bond motifs is 6. The van der Waals surface area contributed by atoms with Crippen molar-refractivity contribution >= 4 is 11.3 Å². The van der Waals surface area contributed by atoms with Gasteiger partial charge >= 0.3 is 0 Å². The minimum atomic E-state index is 0.543. The monoisotopic (exact) mass is 658 g/mol. The number of hydrogen-bond acceptors (Lipinski definition) is 2. The van der Waals surface area contributed by atoms with Gasteiger partial charge < -0.3 is 9.80 Å². The molecule has 2 nitrogen and oxygen atoms in total. The first kappa shape index (κ1) is 31.0. The third-order valence-corrected chi connectivity index (χ3v) is 13.9. The van der Waals surface area contributed by atoms with Crippen molar-refractivity contribution in [2.75, 3.05) is 4.90 Å². The van der Waals surface area contributed by atoms with Crippen LogP contribution < -0.4 is 4.90 Å². The van der Waals surface area contributed by atoms with E-state index in [-0.39, 0.29) is 0 Å². The summed E-state index contributed by atoms with van der Waals surface area (Å²) in [7, 11) is 0. The fourth-order valence-electron chi connectivity index (χ4n) is 11.6. The van der Waals surface area contributed by atoms with E-state index >= 15 is 0 Å². The van der Waals surface area contributed by atoms with Crippen LogP contribution in [0.5, 0.6) is 0 Å². The molecule has 8 unspecified atom stereocenters. The topological polar surface area (TPSA) is 6.48 Å². The van der Waals surface area contributed by atoms with Crippen LogP contribution in [0.15, 0.2) is 132 Å². The number of benzene rings is 1. The van der Waals surface area contributed by atoms with Gasteiger partial charge in [0.25, 0.3) is 0 Å². The predicted octanol–water partition coefficient (Wildman–Crippen LogP) is 11.8. The number of rotatable bonds is 5. The Labute approximate surface area is 300 Å². The second-order valence-electron chi connectivity index (χ2n) is 16.6. The van der Waals surface area contributed by atoms with Crippen LogP contribution in [0.1, 0.15) is 107 Å². The second-order valence-corrected chi connectivity index (χ2v) is 16.6. The van der Waals surface area contributed by atoms with Crippen LogP contribution in [-0.2, 0) is 0 Å². The van der Waals surface area contributed by atoms with E-state index < -0.39 is 0 Å². The Morgan fingerprint density at radius 3 is 2.34 bits per heavy atom. The van der Waals surface area contributed by atoms with Gasteiger partial charge in [0.15, 0.2) is 0 Å². The molecule has 2 saturated heterocycles. The molecule has 1 aromatic carbocycles. The highest BCUT2D eigenvalue weighted by atomic mass is 15.2. The van der Waals surface area contributed by atoms with E-state index in [0.717, 1.165) is 6.42 Å². The van der Waals surface area contributed by atoms with E-state index in [1.54, 1.807) is 22.5 Å². The van der Waals surface area contributed by atoms with Gasteiger partial charge in [-0.2, -0.15) is 0 Å². The van der Waals surface area contributed by atoms with Crippen molar-refractivity contribution in [3.05, 3.63) is 143 Å². The number of nitrogens with zero attached hydrogens (tertiary/aromatic N) is 2. The number of hydrogen-bond donors (Lipinski definition) is 0. The fourth-order valence-corrected chi connectivity index (χ4v) is 11.6. The highest BCUT2D eigenvalue weighted by Gasteiger charge is 2.50. The molecular weight excluding hydrogens is 605 g/mol. The smallest absolute Gasteiger partial charge is 0.0408 e. The van der Waals surface area contributed by atoms with Crippen molar-refractivity contribution in [3.63, 3.8) is 0 Å². The molecule has 2 aliphatic heterocycles. The lowest BCUT2D eigenvalue weighted by Crippen LogP contribution is -2.39. The average Bonchev–Trinajstić information content (AvgIpc) is 3.71. The summed E-state index contributed by atoms with van der Waals surface area (Å²) in [6, 6.07) is 9.51. The van der Waals surface area contributed by atoms with Crippen molar-refractivity contribution < 1.29 is 0 Å². The summed E-state index contributed by atoms with van der Waals surface area (Å²) in [5.41, 5.74) is 12.3. The minimum absolute atomic E-state index is 0.543. The SMILES string of the molecule is C1=CCCC(N2C3=CC=C(C4=CC5C6C=CCCC6N(c6cc(C7=CCCC=C7)cc(C7C=CCCC7)c6)C5CC4)CC3C3C=CCCC32)=C1. The Bertz CT molecular complexity index is 1830. The molecule has 0 N–H and O–H groups in total. The van der Waals surface area contributed by atoms with Crippen molar-refractivity contribution in [3.8, 4) is 0 Å². The van der Waals surface area contributed by atoms with Gasteiger partial charge in [-0.05, 0) is 142 Å². The van der Waals surface area contributed by atoms with Crippen LogP contribution in [0, 0.1) is 23.7 Å². The Morgan fingerprint density at radius 2 is 1.50 bits per heavy atom. The first-order valence-electron chi connectivity index (χ1n) is 20.4. The lowest BCUT2D eigenvalue weighted by atomic mass is 9.73. The van der Waals surface area contributed by atoms with Gasteiger partial charge in [0, 0.05) is 64.8 Å². The molecule has 2 fully saturated rings. The van der Waals surface area contributed by atoms with Crippen LogP contribution in [0.4, 0.5) is 5.69 Å². The molecule has 0 saturated carbocycles. The van der Waals surface area contributed by atoms with Gasteiger partial charge in [-0.25, -0.2) is 0 Å². The normalized spacial score (nSPS) is 35.4. The standard InChI is InChI=1S/C48H54N2/c1-4-14-33(15-5-1)37-28-38(34-16-6-2-7-17-34)30-40(29-37)50-46-23-13-11-21-42(46)44-32-36(25-27-48(44)50)35-24-26-47-43(31-35)41-20-10-12-22-45(41)49(47)39-18-8-3-9-19-39/h3-4,6,8,10-11,14-16,18,20-21,24,26,28-30,32,34,41-46,48H,1-2,5,7,9,12-13,17,19,22-23,25,27,31H2. The molecule has 0 radical (unpaired) electrons. The Kier molecular flexibility index (Phi) is 8.11. The highest BCUT2D eigenvalue weighted by molar-refractivity contribution is 5.78. The fraction of sp³-hybridized carbons (Fsp3) is 0.458. The molecule has 0 aromatic heterocycles. The third kappa shape index (κ3) is 5.35. The largest absolute Gasteiger partial charge is 0.364 e. The first-order valence-corrected chi connectivity index (χ1v) is 20.4. The Balaban J connectivity index is 0.991. The maximum Gasteiger partial charge on any atom is 0.0408 e. The lowest BCUT2D eigenvalue weighted by molar-refractivity contribution is 0.290. The molecule has 0 amide bonds. The molecule has 10 rings (SSSR count). The molecule has 256 valence electrons. The van der Waals surface area contributed by atoms with Crippen molar-refractivity contribution in [2.45, 2.75) is 114 Å². The molecule has 1 aromatic rings. The van der Waals surface area contributed by atoms with E-state index in [4.69, 9.17) is 0 Å². The molecule has 9 aliphatic rings. The van der Waals surface area contributed by atoms with Crippen LogP contribution in [-0.4, -0.2) is 23.0 Å². The summed E-state index contributed by atoms with van der Waals surface area (Å²) in [5, 5.41) is 0. The Morgan fingerprint density at radius 1 is 0.620 bits per heavy atom. The molecule has 50 heavy (non-hydrogen) atoms. The van der Waals surface area contributed by atoms with Gasteiger partial charge in [-0.1, -0.05) is 85.1 Å². The number of likely N-dealkylation sites (tertiary alicyclic amines) is 1.